The second-order valence-electron chi connectivity index (χ2n) is 7.22. The van der Waals surface area contributed by atoms with Crippen molar-refractivity contribution >= 4 is 5.91 Å². The zero-order valence-corrected chi connectivity index (χ0v) is 17.7. The van der Waals surface area contributed by atoms with Crippen LogP contribution < -0.4 is 5.32 Å². The average Bonchev–Trinajstić information content (AvgIpc) is 2.72. The van der Waals surface area contributed by atoms with Crippen LogP contribution in [-0.2, 0) is 11.3 Å². The number of carbonyl (C=O) groups excluding carboxylic acids is 1. The van der Waals surface area contributed by atoms with Gasteiger partial charge in [0.05, 0.1) is 0 Å². The van der Waals surface area contributed by atoms with Gasteiger partial charge in [-0.3, -0.25) is 4.79 Å². The van der Waals surface area contributed by atoms with Crippen molar-refractivity contribution in [2.45, 2.75) is 84.1 Å². The van der Waals surface area contributed by atoms with Gasteiger partial charge in [0, 0.05) is 13.0 Å². The van der Waals surface area contributed by atoms with Crippen LogP contribution in [0.1, 0.15) is 83.1 Å². The third-order valence-corrected chi connectivity index (χ3v) is 4.64. The van der Waals surface area contributed by atoms with E-state index in [-0.39, 0.29) is 5.91 Å². The van der Waals surface area contributed by atoms with Crippen LogP contribution in [-0.4, -0.2) is 5.91 Å². The fraction of sp³-hybridized carbons (Fsp3) is 0.500. The van der Waals surface area contributed by atoms with E-state index in [1.54, 1.807) is 0 Å². The molecule has 28 heavy (non-hydrogen) atoms. The van der Waals surface area contributed by atoms with E-state index in [1.165, 1.54) is 32.1 Å². The lowest BCUT2D eigenvalue weighted by Crippen LogP contribution is -2.22. The van der Waals surface area contributed by atoms with Crippen molar-refractivity contribution in [1.82, 2.24) is 5.32 Å². The lowest BCUT2D eigenvalue weighted by atomic mass is 10.1. The Labute approximate surface area is 172 Å². The number of nitrogens with one attached hydrogen (secondary N) is 1. The first-order valence-corrected chi connectivity index (χ1v) is 11.1. The monoisotopic (exact) mass is 381 g/mol. The molecule has 0 aliphatic carbocycles. The molecule has 0 aliphatic heterocycles. The standard InChI is InChI=1S/C26H39NO/c1-2-3-4-5-6-7-8-9-10-11-12-13-14-15-16-20-23-26(28)27-24-25-21-18-17-19-22-25/h3-4,6-7,9-10,17-19,21-22H,2,5,8,11-16,20,23-24H2,1H3,(H,27,28)/b4-3-,7-6-,10-9-. The Balaban J connectivity index is 1.85. The first-order chi connectivity index (χ1) is 13.8. The molecule has 0 fully saturated rings. The zero-order chi connectivity index (χ0) is 20.1. The van der Waals surface area contributed by atoms with Crippen LogP contribution in [0.2, 0.25) is 0 Å². The van der Waals surface area contributed by atoms with Crippen molar-refractivity contribution in [3.63, 3.8) is 0 Å². The number of rotatable bonds is 16. The molecule has 1 N–H and O–H groups in total. The fourth-order valence-corrected chi connectivity index (χ4v) is 2.97. The van der Waals surface area contributed by atoms with Crippen LogP contribution in [0.15, 0.2) is 66.8 Å². The predicted molar refractivity (Wildman–Crippen MR) is 122 cm³/mol. The number of benzene rings is 1. The highest BCUT2D eigenvalue weighted by Gasteiger charge is 2.01. The van der Waals surface area contributed by atoms with Gasteiger partial charge in [0.2, 0.25) is 5.91 Å². The SMILES string of the molecule is CC/C=C\C/C=C\C/C=C\CCCCCCCCC(=O)NCc1ccccc1. The van der Waals surface area contributed by atoms with Gasteiger partial charge in [-0.05, 0) is 44.1 Å². The molecular formula is C26H39NO. The summed E-state index contributed by atoms with van der Waals surface area (Å²) in [5.74, 6) is 0.171. The fourth-order valence-electron chi connectivity index (χ4n) is 2.97. The molecule has 1 rings (SSSR count). The Morgan fingerprint density at radius 1 is 0.786 bits per heavy atom. The molecule has 0 aliphatic rings. The number of amides is 1. The Hall–Kier alpha value is -2.09. The van der Waals surface area contributed by atoms with Crippen molar-refractivity contribution in [2.24, 2.45) is 0 Å². The number of carbonyl (C=O) groups is 1. The highest BCUT2D eigenvalue weighted by molar-refractivity contribution is 5.75. The van der Waals surface area contributed by atoms with Gasteiger partial charge in [0.25, 0.3) is 0 Å². The Bertz CT molecular complexity index is 571. The van der Waals surface area contributed by atoms with E-state index in [4.69, 9.17) is 0 Å². The van der Waals surface area contributed by atoms with E-state index >= 15 is 0 Å². The molecule has 154 valence electrons. The zero-order valence-electron chi connectivity index (χ0n) is 17.7. The van der Waals surface area contributed by atoms with Gasteiger partial charge in [-0.2, -0.15) is 0 Å². The topological polar surface area (TPSA) is 29.1 Å². The van der Waals surface area contributed by atoms with Crippen molar-refractivity contribution < 1.29 is 4.79 Å². The summed E-state index contributed by atoms with van der Waals surface area (Å²) in [5, 5.41) is 3.00. The van der Waals surface area contributed by atoms with Crippen LogP contribution in [0, 0.1) is 0 Å². The molecule has 0 radical (unpaired) electrons. The first kappa shape index (κ1) is 23.9. The summed E-state index contributed by atoms with van der Waals surface area (Å²) in [6.07, 6.45) is 25.8. The number of hydrogen-bond acceptors (Lipinski definition) is 1. The van der Waals surface area contributed by atoms with Gasteiger partial charge in [0.1, 0.15) is 0 Å². The van der Waals surface area contributed by atoms with E-state index in [9.17, 15) is 4.79 Å². The maximum absolute atomic E-state index is 11.8. The summed E-state index contributed by atoms with van der Waals surface area (Å²) in [7, 11) is 0. The van der Waals surface area contributed by atoms with E-state index in [2.05, 4.69) is 48.7 Å². The van der Waals surface area contributed by atoms with Crippen molar-refractivity contribution in [1.29, 1.82) is 0 Å². The molecule has 0 aromatic heterocycles. The molecule has 0 atom stereocenters. The molecule has 2 nitrogen and oxygen atoms in total. The lowest BCUT2D eigenvalue weighted by Gasteiger charge is -2.05. The normalized spacial score (nSPS) is 11.8. The molecule has 0 unspecified atom stereocenters. The van der Waals surface area contributed by atoms with Gasteiger partial charge >= 0.3 is 0 Å². The molecule has 0 bridgehead atoms. The maximum atomic E-state index is 11.8. The van der Waals surface area contributed by atoms with Crippen LogP contribution in [0.5, 0.6) is 0 Å². The largest absolute Gasteiger partial charge is 0.352 e. The number of allylic oxidation sites excluding steroid dienone is 6. The summed E-state index contributed by atoms with van der Waals surface area (Å²) in [5.41, 5.74) is 1.16. The van der Waals surface area contributed by atoms with E-state index in [0.717, 1.165) is 37.7 Å². The van der Waals surface area contributed by atoms with Gasteiger partial charge in [-0.25, -0.2) is 0 Å². The minimum atomic E-state index is 0.171. The number of hydrogen-bond donors (Lipinski definition) is 1. The maximum Gasteiger partial charge on any atom is 0.220 e. The molecule has 0 heterocycles. The molecule has 0 spiro atoms. The first-order valence-electron chi connectivity index (χ1n) is 11.1. The molecule has 0 saturated heterocycles. The summed E-state index contributed by atoms with van der Waals surface area (Å²) < 4.78 is 0. The molecule has 1 aromatic rings. The van der Waals surface area contributed by atoms with Gasteiger partial charge in [-0.15, -0.1) is 0 Å². The molecular weight excluding hydrogens is 342 g/mol. The highest BCUT2D eigenvalue weighted by Crippen LogP contribution is 2.09. The minimum absolute atomic E-state index is 0.171. The highest BCUT2D eigenvalue weighted by atomic mass is 16.1. The molecule has 1 amide bonds. The van der Waals surface area contributed by atoms with Crippen LogP contribution >= 0.6 is 0 Å². The third kappa shape index (κ3) is 15.0. The van der Waals surface area contributed by atoms with Crippen LogP contribution in [0.3, 0.4) is 0 Å². The Morgan fingerprint density at radius 3 is 2.11 bits per heavy atom. The van der Waals surface area contributed by atoms with Gasteiger partial charge in [0.15, 0.2) is 0 Å². The predicted octanol–water partition coefficient (Wildman–Crippen LogP) is 7.28. The lowest BCUT2D eigenvalue weighted by molar-refractivity contribution is -0.121. The average molecular weight is 382 g/mol. The summed E-state index contributed by atoms with van der Waals surface area (Å²) in [6, 6.07) is 10.1. The molecule has 2 heteroatoms. The van der Waals surface area contributed by atoms with Crippen LogP contribution in [0.25, 0.3) is 0 Å². The minimum Gasteiger partial charge on any atom is -0.352 e. The van der Waals surface area contributed by atoms with Crippen molar-refractivity contribution in [2.75, 3.05) is 0 Å². The van der Waals surface area contributed by atoms with E-state index in [0.29, 0.717) is 13.0 Å². The number of unbranched alkanes of at least 4 members (excludes halogenated alkanes) is 6. The summed E-state index contributed by atoms with van der Waals surface area (Å²) >= 11 is 0. The second kappa shape index (κ2) is 18.3. The molecule has 0 saturated carbocycles. The van der Waals surface area contributed by atoms with E-state index < -0.39 is 0 Å². The Kier molecular flexibility index (Phi) is 15.6. The quantitative estimate of drug-likeness (QED) is 0.236. The Morgan fingerprint density at radius 2 is 1.39 bits per heavy atom. The van der Waals surface area contributed by atoms with Gasteiger partial charge in [-0.1, -0.05) is 99.4 Å². The summed E-state index contributed by atoms with van der Waals surface area (Å²) in [4.78, 5) is 11.8. The third-order valence-electron chi connectivity index (χ3n) is 4.64. The van der Waals surface area contributed by atoms with Gasteiger partial charge < -0.3 is 5.32 Å². The second-order valence-corrected chi connectivity index (χ2v) is 7.22. The van der Waals surface area contributed by atoms with E-state index in [1.807, 2.05) is 30.3 Å². The van der Waals surface area contributed by atoms with Crippen molar-refractivity contribution in [3.8, 4) is 0 Å². The smallest absolute Gasteiger partial charge is 0.220 e. The summed E-state index contributed by atoms with van der Waals surface area (Å²) in [6.45, 7) is 2.80. The molecule has 1 aromatic carbocycles. The van der Waals surface area contributed by atoms with Crippen molar-refractivity contribution in [3.05, 3.63) is 72.4 Å². The van der Waals surface area contributed by atoms with Crippen LogP contribution in [0.4, 0.5) is 0 Å².